The highest BCUT2D eigenvalue weighted by molar-refractivity contribution is 6.30. The number of fused-ring (bicyclic) bond motifs is 1. The normalized spacial score (nSPS) is 14.8. The van der Waals surface area contributed by atoms with Gasteiger partial charge in [-0.15, -0.1) is 0 Å². The van der Waals surface area contributed by atoms with Gasteiger partial charge >= 0.3 is 0 Å². The van der Waals surface area contributed by atoms with Crippen LogP contribution in [-0.4, -0.2) is 12.2 Å². The van der Waals surface area contributed by atoms with Gasteiger partial charge in [0.05, 0.1) is 13.2 Å². The largest absolute Gasteiger partial charge is 0.496 e. The molecule has 1 aliphatic carbocycles. The maximum absolute atomic E-state index is 10.5. The summed E-state index contributed by atoms with van der Waals surface area (Å²) in [7, 11) is 1.63. The lowest BCUT2D eigenvalue weighted by atomic mass is 9.97. The Bertz CT molecular complexity index is 652. The van der Waals surface area contributed by atoms with Crippen LogP contribution in [0.2, 0.25) is 5.02 Å². The van der Waals surface area contributed by atoms with Gasteiger partial charge in [-0.3, -0.25) is 0 Å². The average Bonchev–Trinajstić information content (AvgIpc) is 2.94. The van der Waals surface area contributed by atoms with Crippen LogP contribution in [0, 0.1) is 0 Å². The van der Waals surface area contributed by atoms with E-state index >= 15 is 0 Å². The predicted molar refractivity (Wildman–Crippen MR) is 85.1 cm³/mol. The Morgan fingerprint density at radius 1 is 1.14 bits per heavy atom. The number of ether oxygens (including phenoxy) is 1. The zero-order valence-corrected chi connectivity index (χ0v) is 12.9. The number of hydrogen-bond acceptors (Lipinski definition) is 2. The minimum Gasteiger partial charge on any atom is -0.496 e. The SMILES string of the molecule is COc1ccc(Cl)cc1CC(O)c1ccc2c(c1)CCC2. The van der Waals surface area contributed by atoms with E-state index in [1.54, 1.807) is 13.2 Å². The van der Waals surface area contributed by atoms with Crippen molar-refractivity contribution in [2.24, 2.45) is 0 Å². The van der Waals surface area contributed by atoms with Crippen molar-refractivity contribution in [2.45, 2.75) is 31.8 Å². The van der Waals surface area contributed by atoms with E-state index in [4.69, 9.17) is 16.3 Å². The zero-order chi connectivity index (χ0) is 14.8. The molecule has 2 aromatic rings. The van der Waals surface area contributed by atoms with Gasteiger partial charge in [0, 0.05) is 11.4 Å². The molecule has 1 atom stereocenters. The van der Waals surface area contributed by atoms with Crippen LogP contribution in [0.5, 0.6) is 5.75 Å². The standard InChI is InChI=1S/C18H19ClO2/c1-21-18-8-7-16(19)10-15(18)11-17(20)14-6-5-12-3-2-4-13(12)9-14/h5-10,17,20H,2-4,11H2,1H3. The maximum atomic E-state index is 10.5. The first-order valence-corrected chi connectivity index (χ1v) is 7.67. The highest BCUT2D eigenvalue weighted by Crippen LogP contribution is 2.30. The second kappa shape index (κ2) is 6.08. The molecule has 0 fully saturated rings. The predicted octanol–water partition coefficient (Wildman–Crippen LogP) is 4.11. The molecular formula is C18H19ClO2. The third-order valence-corrected chi connectivity index (χ3v) is 4.40. The first-order chi connectivity index (χ1) is 10.2. The van der Waals surface area contributed by atoms with Crippen LogP contribution in [0.25, 0.3) is 0 Å². The van der Waals surface area contributed by atoms with Crippen molar-refractivity contribution in [1.82, 2.24) is 0 Å². The van der Waals surface area contributed by atoms with E-state index in [-0.39, 0.29) is 0 Å². The summed E-state index contributed by atoms with van der Waals surface area (Å²) in [5.41, 5.74) is 4.70. The summed E-state index contributed by atoms with van der Waals surface area (Å²) >= 11 is 6.04. The lowest BCUT2D eigenvalue weighted by molar-refractivity contribution is 0.177. The molecule has 2 nitrogen and oxygen atoms in total. The third kappa shape index (κ3) is 3.07. The molecular weight excluding hydrogens is 284 g/mol. The van der Waals surface area contributed by atoms with Crippen molar-refractivity contribution < 1.29 is 9.84 Å². The van der Waals surface area contributed by atoms with Crippen molar-refractivity contribution in [3.05, 3.63) is 63.7 Å². The van der Waals surface area contributed by atoms with E-state index in [2.05, 4.69) is 12.1 Å². The van der Waals surface area contributed by atoms with Gasteiger partial charge in [0.25, 0.3) is 0 Å². The van der Waals surface area contributed by atoms with Crippen molar-refractivity contribution in [2.75, 3.05) is 7.11 Å². The Morgan fingerprint density at radius 3 is 2.76 bits per heavy atom. The van der Waals surface area contributed by atoms with Crippen molar-refractivity contribution in [3.63, 3.8) is 0 Å². The average molecular weight is 303 g/mol. The number of halogens is 1. The third-order valence-electron chi connectivity index (χ3n) is 4.16. The van der Waals surface area contributed by atoms with E-state index in [9.17, 15) is 5.11 Å². The van der Waals surface area contributed by atoms with Crippen molar-refractivity contribution in [1.29, 1.82) is 0 Å². The lowest BCUT2D eigenvalue weighted by Gasteiger charge is -2.15. The molecule has 0 heterocycles. The molecule has 0 aromatic heterocycles. The summed E-state index contributed by atoms with van der Waals surface area (Å²) in [5.74, 6) is 0.764. The molecule has 0 spiro atoms. The van der Waals surface area contributed by atoms with Crippen molar-refractivity contribution in [3.8, 4) is 5.75 Å². The number of aliphatic hydroxyl groups is 1. The van der Waals surface area contributed by atoms with E-state index < -0.39 is 6.10 Å². The van der Waals surface area contributed by atoms with E-state index in [1.807, 2.05) is 18.2 Å². The van der Waals surface area contributed by atoms with Gasteiger partial charge in [-0.2, -0.15) is 0 Å². The Hall–Kier alpha value is -1.51. The first kappa shape index (κ1) is 14.4. The molecule has 3 rings (SSSR count). The van der Waals surface area contributed by atoms with Gasteiger partial charge in [-0.25, -0.2) is 0 Å². The molecule has 2 aromatic carbocycles. The van der Waals surface area contributed by atoms with Gasteiger partial charge < -0.3 is 9.84 Å². The maximum Gasteiger partial charge on any atom is 0.122 e. The Kier molecular flexibility index (Phi) is 4.18. The summed E-state index contributed by atoms with van der Waals surface area (Å²) in [4.78, 5) is 0. The van der Waals surface area contributed by atoms with E-state index in [1.165, 1.54) is 17.5 Å². The molecule has 3 heteroatoms. The Morgan fingerprint density at radius 2 is 1.95 bits per heavy atom. The molecule has 1 unspecified atom stereocenters. The van der Waals surface area contributed by atoms with Gasteiger partial charge in [0.15, 0.2) is 0 Å². The van der Waals surface area contributed by atoms with Crippen LogP contribution in [0.15, 0.2) is 36.4 Å². The molecule has 1 aliphatic rings. The smallest absolute Gasteiger partial charge is 0.122 e. The molecule has 1 N–H and O–H groups in total. The van der Waals surface area contributed by atoms with Crippen LogP contribution < -0.4 is 4.74 Å². The molecule has 0 saturated heterocycles. The minimum atomic E-state index is -0.539. The molecule has 0 radical (unpaired) electrons. The number of aliphatic hydroxyl groups excluding tert-OH is 1. The fourth-order valence-corrected chi connectivity index (χ4v) is 3.23. The van der Waals surface area contributed by atoms with Gasteiger partial charge in [0.2, 0.25) is 0 Å². The number of rotatable bonds is 4. The quantitative estimate of drug-likeness (QED) is 0.921. The Labute approximate surface area is 130 Å². The summed E-state index contributed by atoms with van der Waals surface area (Å²) in [5, 5.41) is 11.2. The lowest BCUT2D eigenvalue weighted by Crippen LogP contribution is -2.04. The van der Waals surface area contributed by atoms with E-state index in [0.717, 1.165) is 29.7 Å². The number of hydrogen-bond donors (Lipinski definition) is 1. The summed E-state index contributed by atoms with van der Waals surface area (Å²) in [6, 6.07) is 11.8. The summed E-state index contributed by atoms with van der Waals surface area (Å²) < 4.78 is 5.34. The number of methoxy groups -OCH3 is 1. The number of aryl methyl sites for hydroxylation is 2. The first-order valence-electron chi connectivity index (χ1n) is 7.29. The zero-order valence-electron chi connectivity index (χ0n) is 12.1. The summed E-state index contributed by atoms with van der Waals surface area (Å²) in [6.45, 7) is 0. The van der Waals surface area contributed by atoms with Crippen LogP contribution in [-0.2, 0) is 19.3 Å². The van der Waals surface area contributed by atoms with Gasteiger partial charge in [0.1, 0.15) is 5.75 Å². The fourth-order valence-electron chi connectivity index (χ4n) is 3.03. The van der Waals surface area contributed by atoms with Crippen molar-refractivity contribution >= 4 is 11.6 Å². The second-order valence-corrected chi connectivity index (χ2v) is 5.99. The fraction of sp³-hybridized carbons (Fsp3) is 0.333. The topological polar surface area (TPSA) is 29.5 Å². The Balaban J connectivity index is 1.83. The highest BCUT2D eigenvalue weighted by atomic mass is 35.5. The van der Waals surface area contributed by atoms with E-state index in [0.29, 0.717) is 11.4 Å². The van der Waals surface area contributed by atoms with Crippen LogP contribution >= 0.6 is 11.6 Å². The second-order valence-electron chi connectivity index (χ2n) is 5.56. The minimum absolute atomic E-state index is 0.502. The van der Waals surface area contributed by atoms with Gasteiger partial charge in [-0.1, -0.05) is 29.8 Å². The van der Waals surface area contributed by atoms with Gasteiger partial charge in [-0.05, 0) is 59.7 Å². The van der Waals surface area contributed by atoms with Crippen LogP contribution in [0.4, 0.5) is 0 Å². The van der Waals surface area contributed by atoms with Crippen LogP contribution in [0.3, 0.4) is 0 Å². The monoisotopic (exact) mass is 302 g/mol. The molecule has 0 bridgehead atoms. The summed E-state index contributed by atoms with van der Waals surface area (Å²) in [6.07, 6.45) is 3.47. The van der Waals surface area contributed by atoms with Crippen LogP contribution in [0.1, 0.15) is 34.8 Å². The highest BCUT2D eigenvalue weighted by Gasteiger charge is 2.16. The molecule has 110 valence electrons. The molecule has 21 heavy (non-hydrogen) atoms. The molecule has 0 aliphatic heterocycles. The molecule has 0 amide bonds. The number of benzene rings is 2. The molecule has 0 saturated carbocycles.